The molecule has 0 spiro atoms. The van der Waals surface area contributed by atoms with Crippen molar-refractivity contribution in [2.45, 2.75) is 37.6 Å². The van der Waals surface area contributed by atoms with E-state index in [0.717, 1.165) is 37.6 Å². The molecule has 0 N–H and O–H groups in total. The molecule has 2 fully saturated rings. The number of hydrogen-bond acceptors (Lipinski definition) is 5. The minimum absolute atomic E-state index is 0.133. The van der Waals surface area contributed by atoms with Gasteiger partial charge in [-0.1, -0.05) is 6.07 Å². The Bertz CT molecular complexity index is 842. The first-order chi connectivity index (χ1) is 12.7. The van der Waals surface area contributed by atoms with Crippen molar-refractivity contribution >= 4 is 11.5 Å². The number of halogens is 1. The summed E-state index contributed by atoms with van der Waals surface area (Å²) >= 11 is 0. The zero-order valence-corrected chi connectivity index (χ0v) is 14.9. The summed E-state index contributed by atoms with van der Waals surface area (Å²) in [7, 11) is 2.06. The van der Waals surface area contributed by atoms with Crippen LogP contribution in [-0.4, -0.2) is 36.1 Å². The Morgan fingerprint density at radius 3 is 2.88 bits per heavy atom. The topological polar surface area (TPSA) is 56.1 Å². The maximum atomic E-state index is 14.0. The van der Waals surface area contributed by atoms with E-state index in [1.165, 1.54) is 18.9 Å². The molecule has 2 aromatic rings. The Hall–Kier alpha value is -2.68. The number of nitrogens with zero attached hydrogens (tertiary/aromatic N) is 5. The molecular formula is C20H22FN5. The van der Waals surface area contributed by atoms with Gasteiger partial charge in [0.1, 0.15) is 29.1 Å². The standard InChI is InChI=1S/C20H22FN5/c1-25(19-9-10-23-20(24-19)14-7-8-14)15-4-3-11-26(13-15)18-6-2-5-17(21)16(18)12-22/h2,5-6,9-10,14-15H,3-4,7-8,11,13H2,1H3. The molecule has 0 radical (unpaired) electrons. The van der Waals surface area contributed by atoms with Gasteiger partial charge in [-0.2, -0.15) is 5.26 Å². The largest absolute Gasteiger partial charge is 0.368 e. The molecule has 0 bridgehead atoms. The molecule has 1 atom stereocenters. The maximum absolute atomic E-state index is 14.0. The van der Waals surface area contributed by atoms with Crippen LogP contribution in [0.4, 0.5) is 15.9 Å². The minimum Gasteiger partial charge on any atom is -0.368 e. The average molecular weight is 351 g/mol. The third kappa shape index (κ3) is 3.22. The van der Waals surface area contributed by atoms with Gasteiger partial charge >= 0.3 is 0 Å². The molecule has 4 rings (SSSR count). The quantitative estimate of drug-likeness (QED) is 0.844. The number of aromatic nitrogens is 2. The molecule has 2 heterocycles. The first-order valence-electron chi connectivity index (χ1n) is 9.16. The number of piperidine rings is 1. The molecule has 2 aliphatic rings. The van der Waals surface area contributed by atoms with Gasteiger partial charge in [-0.25, -0.2) is 14.4 Å². The summed E-state index contributed by atoms with van der Waals surface area (Å²) in [6.07, 6.45) is 6.25. The first kappa shape index (κ1) is 16.8. The van der Waals surface area contributed by atoms with Crippen molar-refractivity contribution in [1.82, 2.24) is 9.97 Å². The van der Waals surface area contributed by atoms with Crippen LogP contribution in [0.5, 0.6) is 0 Å². The Kier molecular flexibility index (Phi) is 4.46. The van der Waals surface area contributed by atoms with Crippen LogP contribution in [0.2, 0.25) is 0 Å². The summed E-state index contributed by atoms with van der Waals surface area (Å²) in [6, 6.07) is 9.08. The van der Waals surface area contributed by atoms with Gasteiger partial charge in [0.2, 0.25) is 0 Å². The van der Waals surface area contributed by atoms with Crippen molar-refractivity contribution in [1.29, 1.82) is 5.26 Å². The predicted octanol–water partition coefficient (Wildman–Crippen LogP) is 3.47. The third-order valence-electron chi connectivity index (χ3n) is 5.35. The van der Waals surface area contributed by atoms with Crippen molar-refractivity contribution < 1.29 is 4.39 Å². The van der Waals surface area contributed by atoms with Crippen LogP contribution < -0.4 is 9.80 Å². The Morgan fingerprint density at radius 2 is 2.12 bits per heavy atom. The number of hydrogen-bond donors (Lipinski definition) is 0. The highest BCUT2D eigenvalue weighted by atomic mass is 19.1. The molecule has 1 aliphatic carbocycles. The van der Waals surface area contributed by atoms with E-state index in [1.807, 2.05) is 24.4 Å². The van der Waals surface area contributed by atoms with Gasteiger partial charge < -0.3 is 9.80 Å². The molecule has 134 valence electrons. The fourth-order valence-electron chi connectivity index (χ4n) is 3.66. The molecule has 1 aliphatic heterocycles. The van der Waals surface area contributed by atoms with Gasteiger partial charge in [0.15, 0.2) is 0 Å². The van der Waals surface area contributed by atoms with E-state index in [2.05, 4.69) is 21.8 Å². The fraction of sp³-hybridized carbons (Fsp3) is 0.450. The number of likely N-dealkylation sites (N-methyl/N-ethyl adjacent to an activating group) is 1. The normalized spacial score (nSPS) is 19.9. The summed E-state index contributed by atoms with van der Waals surface area (Å²) in [5, 5.41) is 9.33. The lowest BCUT2D eigenvalue weighted by Gasteiger charge is -2.39. The summed E-state index contributed by atoms with van der Waals surface area (Å²) < 4.78 is 14.0. The molecule has 1 unspecified atom stereocenters. The highest BCUT2D eigenvalue weighted by molar-refractivity contribution is 5.60. The molecule has 1 saturated carbocycles. The average Bonchev–Trinajstić information content (AvgIpc) is 3.53. The second kappa shape index (κ2) is 6.91. The number of nitriles is 1. The molecule has 26 heavy (non-hydrogen) atoms. The summed E-state index contributed by atoms with van der Waals surface area (Å²) in [4.78, 5) is 13.5. The molecule has 1 saturated heterocycles. The van der Waals surface area contributed by atoms with E-state index < -0.39 is 5.82 Å². The van der Waals surface area contributed by atoms with Gasteiger partial charge in [0.05, 0.1) is 5.69 Å². The predicted molar refractivity (Wildman–Crippen MR) is 98.8 cm³/mol. The van der Waals surface area contributed by atoms with E-state index in [0.29, 0.717) is 11.6 Å². The maximum Gasteiger partial charge on any atom is 0.143 e. The monoisotopic (exact) mass is 351 g/mol. The van der Waals surface area contributed by atoms with Crippen LogP contribution >= 0.6 is 0 Å². The van der Waals surface area contributed by atoms with Crippen LogP contribution in [0.15, 0.2) is 30.5 Å². The highest BCUT2D eigenvalue weighted by Crippen LogP contribution is 2.38. The van der Waals surface area contributed by atoms with Crippen LogP contribution in [0, 0.1) is 17.1 Å². The molecule has 1 aromatic heterocycles. The van der Waals surface area contributed by atoms with Gasteiger partial charge in [0.25, 0.3) is 0 Å². The van der Waals surface area contributed by atoms with Crippen LogP contribution in [-0.2, 0) is 0 Å². The van der Waals surface area contributed by atoms with Gasteiger partial charge in [0, 0.05) is 38.3 Å². The highest BCUT2D eigenvalue weighted by Gasteiger charge is 2.29. The van der Waals surface area contributed by atoms with Crippen molar-refractivity contribution in [3.05, 3.63) is 47.7 Å². The van der Waals surface area contributed by atoms with E-state index in [9.17, 15) is 9.65 Å². The second-order valence-corrected chi connectivity index (χ2v) is 7.15. The zero-order chi connectivity index (χ0) is 18.1. The zero-order valence-electron chi connectivity index (χ0n) is 14.9. The van der Waals surface area contributed by atoms with Gasteiger partial charge in [-0.05, 0) is 43.9 Å². The SMILES string of the molecule is CN(c1ccnc(C2CC2)n1)C1CCCN(c2cccc(F)c2C#N)C1. The van der Waals surface area contributed by atoms with Crippen molar-refractivity contribution in [3.8, 4) is 6.07 Å². The number of anilines is 2. The van der Waals surface area contributed by atoms with Gasteiger partial charge in [-0.3, -0.25) is 0 Å². The Balaban J connectivity index is 1.54. The summed E-state index contributed by atoms with van der Waals surface area (Å²) in [5.41, 5.74) is 0.820. The Labute approximate surface area is 153 Å². The van der Waals surface area contributed by atoms with Crippen molar-refractivity contribution in [2.75, 3.05) is 29.9 Å². The number of rotatable bonds is 4. The molecular weight excluding hydrogens is 329 g/mol. The van der Waals surface area contributed by atoms with E-state index >= 15 is 0 Å². The molecule has 1 aromatic carbocycles. The van der Waals surface area contributed by atoms with Crippen molar-refractivity contribution in [3.63, 3.8) is 0 Å². The van der Waals surface area contributed by atoms with E-state index in [-0.39, 0.29) is 11.6 Å². The van der Waals surface area contributed by atoms with Gasteiger partial charge in [-0.15, -0.1) is 0 Å². The number of benzene rings is 1. The van der Waals surface area contributed by atoms with Crippen molar-refractivity contribution in [2.24, 2.45) is 0 Å². The van der Waals surface area contributed by atoms with Crippen LogP contribution in [0.1, 0.15) is 43.0 Å². The van der Waals surface area contributed by atoms with Crippen LogP contribution in [0.3, 0.4) is 0 Å². The van der Waals surface area contributed by atoms with E-state index in [4.69, 9.17) is 4.98 Å². The lowest BCUT2D eigenvalue weighted by Crippen LogP contribution is -2.47. The lowest BCUT2D eigenvalue weighted by molar-refractivity contribution is 0.484. The fourth-order valence-corrected chi connectivity index (χ4v) is 3.66. The summed E-state index contributed by atoms with van der Waals surface area (Å²) in [6.45, 7) is 1.58. The van der Waals surface area contributed by atoms with Crippen LogP contribution in [0.25, 0.3) is 0 Å². The minimum atomic E-state index is -0.453. The Morgan fingerprint density at radius 1 is 1.27 bits per heavy atom. The molecule has 6 heteroatoms. The third-order valence-corrected chi connectivity index (χ3v) is 5.35. The van der Waals surface area contributed by atoms with E-state index in [1.54, 1.807) is 6.07 Å². The molecule has 0 amide bonds. The lowest BCUT2D eigenvalue weighted by atomic mass is 10.0. The molecule has 5 nitrogen and oxygen atoms in total. The smallest absolute Gasteiger partial charge is 0.143 e. The first-order valence-corrected chi connectivity index (χ1v) is 9.16. The summed E-state index contributed by atoms with van der Waals surface area (Å²) in [5.74, 6) is 1.95. The second-order valence-electron chi connectivity index (χ2n) is 7.15.